The molecule has 0 unspecified atom stereocenters. The van der Waals surface area contributed by atoms with Crippen LogP contribution in [0.5, 0.6) is 11.5 Å². The maximum absolute atomic E-state index is 12.8. The van der Waals surface area contributed by atoms with Crippen molar-refractivity contribution >= 4 is 40.6 Å². The fraction of sp³-hybridized carbons (Fsp3) is 0.316. The number of hydrogen-bond acceptors (Lipinski definition) is 5. The van der Waals surface area contributed by atoms with Crippen molar-refractivity contribution in [2.24, 2.45) is 0 Å². The van der Waals surface area contributed by atoms with E-state index >= 15 is 0 Å². The van der Waals surface area contributed by atoms with E-state index in [1.165, 1.54) is 19.1 Å². The molecule has 1 N–H and O–H groups in total. The minimum Gasteiger partial charge on any atom is -0.495 e. The van der Waals surface area contributed by atoms with Crippen LogP contribution in [0.15, 0.2) is 35.2 Å². The Morgan fingerprint density at radius 2 is 2.00 bits per heavy atom. The highest BCUT2D eigenvalue weighted by Gasteiger charge is 2.19. The molecule has 0 aliphatic carbocycles. The van der Waals surface area contributed by atoms with Gasteiger partial charge in [-0.1, -0.05) is 11.6 Å². The summed E-state index contributed by atoms with van der Waals surface area (Å²) in [6, 6.07) is 9.08. The van der Waals surface area contributed by atoms with Crippen LogP contribution >= 0.6 is 23.4 Å². The maximum atomic E-state index is 12.8. The van der Waals surface area contributed by atoms with Gasteiger partial charge in [-0.05, 0) is 31.2 Å². The van der Waals surface area contributed by atoms with Gasteiger partial charge in [-0.3, -0.25) is 4.79 Å². The third kappa shape index (κ3) is 3.71. The zero-order valence-electron chi connectivity index (χ0n) is 15.0. The number of halogens is 1. The predicted molar refractivity (Wildman–Crippen MR) is 108 cm³/mol. The smallest absolute Gasteiger partial charge is 0.255 e. The Balaban J connectivity index is 1.88. The SMILES string of the molecule is CCN1CCSc2ccc(C(=O)Nc3cc(Cl)c(OC)cc3OC)cc21. The van der Waals surface area contributed by atoms with Crippen molar-refractivity contribution in [3.05, 3.63) is 40.9 Å². The second kappa shape index (κ2) is 8.10. The summed E-state index contributed by atoms with van der Waals surface area (Å²) >= 11 is 8.00. The van der Waals surface area contributed by atoms with Crippen molar-refractivity contribution < 1.29 is 14.3 Å². The second-order valence-corrected chi connectivity index (χ2v) is 7.30. The van der Waals surface area contributed by atoms with Crippen molar-refractivity contribution in [1.29, 1.82) is 0 Å². The van der Waals surface area contributed by atoms with Gasteiger partial charge >= 0.3 is 0 Å². The quantitative estimate of drug-likeness (QED) is 0.809. The number of rotatable bonds is 5. The molecule has 2 aromatic rings. The molecule has 1 heterocycles. The lowest BCUT2D eigenvalue weighted by atomic mass is 10.1. The van der Waals surface area contributed by atoms with Crippen molar-refractivity contribution in [2.45, 2.75) is 11.8 Å². The van der Waals surface area contributed by atoms with Crippen LogP contribution in [0.2, 0.25) is 5.02 Å². The number of carbonyl (C=O) groups is 1. The molecule has 2 aromatic carbocycles. The van der Waals surface area contributed by atoms with Crippen LogP contribution in [0.4, 0.5) is 11.4 Å². The highest BCUT2D eigenvalue weighted by atomic mass is 35.5. The summed E-state index contributed by atoms with van der Waals surface area (Å²) < 4.78 is 10.5. The summed E-state index contributed by atoms with van der Waals surface area (Å²) in [5.74, 6) is 1.83. The van der Waals surface area contributed by atoms with E-state index < -0.39 is 0 Å². The van der Waals surface area contributed by atoms with Crippen LogP contribution in [-0.2, 0) is 0 Å². The number of amides is 1. The van der Waals surface area contributed by atoms with E-state index in [4.69, 9.17) is 21.1 Å². The first kappa shape index (κ1) is 18.7. The second-order valence-electron chi connectivity index (χ2n) is 5.75. The number of ether oxygens (including phenoxy) is 2. The first-order chi connectivity index (χ1) is 12.6. The molecule has 138 valence electrons. The van der Waals surface area contributed by atoms with Crippen LogP contribution in [0.25, 0.3) is 0 Å². The lowest BCUT2D eigenvalue weighted by Crippen LogP contribution is -2.29. The van der Waals surface area contributed by atoms with Crippen LogP contribution in [-0.4, -0.2) is 39.0 Å². The number of nitrogens with one attached hydrogen (secondary N) is 1. The fourth-order valence-electron chi connectivity index (χ4n) is 2.89. The van der Waals surface area contributed by atoms with Gasteiger partial charge in [-0.15, -0.1) is 11.8 Å². The molecule has 26 heavy (non-hydrogen) atoms. The molecule has 0 saturated heterocycles. The van der Waals surface area contributed by atoms with Crippen LogP contribution in [0, 0.1) is 0 Å². The zero-order valence-corrected chi connectivity index (χ0v) is 16.5. The molecule has 0 atom stereocenters. The largest absolute Gasteiger partial charge is 0.495 e. The molecule has 7 heteroatoms. The highest BCUT2D eigenvalue weighted by Crippen LogP contribution is 2.37. The lowest BCUT2D eigenvalue weighted by Gasteiger charge is -2.30. The molecule has 5 nitrogen and oxygen atoms in total. The molecule has 0 spiro atoms. The van der Waals surface area contributed by atoms with Crippen molar-refractivity contribution in [3.63, 3.8) is 0 Å². The number of nitrogens with zero attached hydrogens (tertiary/aromatic N) is 1. The lowest BCUT2D eigenvalue weighted by molar-refractivity contribution is 0.102. The van der Waals surface area contributed by atoms with Gasteiger partial charge in [0.15, 0.2) is 0 Å². The minimum atomic E-state index is -0.209. The Morgan fingerprint density at radius 3 is 2.69 bits per heavy atom. The Kier molecular flexibility index (Phi) is 5.84. The number of thioether (sulfide) groups is 1. The predicted octanol–water partition coefficient (Wildman–Crippen LogP) is 4.54. The number of hydrogen-bond donors (Lipinski definition) is 1. The Morgan fingerprint density at radius 1 is 1.23 bits per heavy atom. The number of carbonyl (C=O) groups excluding carboxylic acids is 1. The van der Waals surface area contributed by atoms with Crippen molar-refractivity contribution in [3.8, 4) is 11.5 Å². The molecule has 1 aliphatic heterocycles. The van der Waals surface area contributed by atoms with Gasteiger partial charge in [0.1, 0.15) is 11.5 Å². The zero-order chi connectivity index (χ0) is 18.7. The van der Waals surface area contributed by atoms with E-state index in [-0.39, 0.29) is 5.91 Å². The number of fused-ring (bicyclic) bond motifs is 1. The van der Waals surface area contributed by atoms with Crippen molar-refractivity contribution in [2.75, 3.05) is 43.3 Å². The Labute approximate surface area is 162 Å². The van der Waals surface area contributed by atoms with E-state index in [9.17, 15) is 4.79 Å². The van der Waals surface area contributed by atoms with Crippen LogP contribution < -0.4 is 19.7 Å². The van der Waals surface area contributed by atoms with E-state index in [1.807, 2.05) is 30.0 Å². The van der Waals surface area contributed by atoms with Crippen LogP contribution in [0.3, 0.4) is 0 Å². The summed E-state index contributed by atoms with van der Waals surface area (Å²) in [5.41, 5.74) is 2.21. The first-order valence-electron chi connectivity index (χ1n) is 8.32. The van der Waals surface area contributed by atoms with Gasteiger partial charge in [-0.25, -0.2) is 0 Å². The molecule has 3 rings (SSSR count). The third-order valence-corrected chi connectivity index (χ3v) is 5.62. The average Bonchev–Trinajstić information content (AvgIpc) is 2.67. The maximum Gasteiger partial charge on any atom is 0.255 e. The molecule has 0 radical (unpaired) electrons. The number of methoxy groups -OCH3 is 2. The third-order valence-electron chi connectivity index (χ3n) is 4.28. The van der Waals surface area contributed by atoms with Gasteiger partial charge in [0.2, 0.25) is 0 Å². The van der Waals surface area contributed by atoms with Crippen molar-refractivity contribution in [1.82, 2.24) is 0 Å². The first-order valence-corrected chi connectivity index (χ1v) is 9.68. The van der Waals surface area contributed by atoms with E-state index in [1.54, 1.807) is 12.1 Å². The Bertz CT molecular complexity index is 829. The number of anilines is 2. The van der Waals surface area contributed by atoms with Crippen LogP contribution in [0.1, 0.15) is 17.3 Å². The van der Waals surface area contributed by atoms with Gasteiger partial charge in [-0.2, -0.15) is 0 Å². The molecule has 0 aromatic heterocycles. The Hall–Kier alpha value is -2.05. The van der Waals surface area contributed by atoms with Gasteiger partial charge in [0, 0.05) is 35.4 Å². The molecule has 1 aliphatic rings. The summed E-state index contributed by atoms with van der Waals surface area (Å²) in [5, 5.41) is 3.29. The van der Waals surface area contributed by atoms with E-state index in [2.05, 4.69) is 17.1 Å². The monoisotopic (exact) mass is 392 g/mol. The average molecular weight is 393 g/mol. The number of benzene rings is 2. The molecule has 0 fully saturated rings. The molecule has 0 saturated carbocycles. The highest BCUT2D eigenvalue weighted by molar-refractivity contribution is 7.99. The van der Waals surface area contributed by atoms with E-state index in [0.717, 1.165) is 24.5 Å². The molecule has 0 bridgehead atoms. The van der Waals surface area contributed by atoms with Gasteiger partial charge < -0.3 is 19.7 Å². The summed E-state index contributed by atoms with van der Waals surface area (Å²) in [6.45, 7) is 4.03. The molecular formula is C19H21ClN2O3S. The van der Waals surface area contributed by atoms with Gasteiger partial charge in [0.05, 0.1) is 30.6 Å². The topological polar surface area (TPSA) is 50.8 Å². The molecule has 1 amide bonds. The standard InChI is InChI=1S/C19H21ClN2O3S/c1-4-22-7-8-26-18-6-5-12(9-15(18)22)19(23)21-14-10-13(20)16(24-2)11-17(14)25-3/h5-6,9-11H,4,7-8H2,1-3H3,(H,21,23). The summed E-state index contributed by atoms with van der Waals surface area (Å²) in [4.78, 5) is 16.3. The summed E-state index contributed by atoms with van der Waals surface area (Å²) in [6.07, 6.45) is 0. The van der Waals surface area contributed by atoms with E-state index in [0.29, 0.717) is 27.8 Å². The summed E-state index contributed by atoms with van der Waals surface area (Å²) in [7, 11) is 3.07. The fourth-order valence-corrected chi connectivity index (χ4v) is 4.17. The minimum absolute atomic E-state index is 0.209. The normalized spacial score (nSPS) is 13.2. The molecular weight excluding hydrogens is 372 g/mol. The van der Waals surface area contributed by atoms with Gasteiger partial charge in [0.25, 0.3) is 5.91 Å².